The van der Waals surface area contributed by atoms with Gasteiger partial charge in [-0.2, -0.15) is 0 Å². The summed E-state index contributed by atoms with van der Waals surface area (Å²) in [5.74, 6) is 0.0723. The van der Waals surface area contributed by atoms with Crippen molar-refractivity contribution in [3.05, 3.63) is 53.5 Å². The molecule has 2 aromatic rings. The van der Waals surface area contributed by atoms with Crippen LogP contribution in [0.2, 0.25) is 0 Å². The first-order chi connectivity index (χ1) is 9.00. The summed E-state index contributed by atoms with van der Waals surface area (Å²) in [6.45, 7) is 3.69. The van der Waals surface area contributed by atoms with Crippen LogP contribution < -0.4 is 5.32 Å². The van der Waals surface area contributed by atoms with Gasteiger partial charge in [0.1, 0.15) is 0 Å². The molecule has 0 spiro atoms. The van der Waals surface area contributed by atoms with E-state index in [9.17, 15) is 9.59 Å². The molecule has 4 heteroatoms. The number of benzene rings is 1. The Hall–Kier alpha value is -2.36. The van der Waals surface area contributed by atoms with Crippen molar-refractivity contribution in [3.8, 4) is 0 Å². The van der Waals surface area contributed by atoms with Gasteiger partial charge in [-0.25, -0.2) is 0 Å². The van der Waals surface area contributed by atoms with Gasteiger partial charge in [-0.15, -0.1) is 0 Å². The molecule has 2 heterocycles. The maximum absolute atomic E-state index is 12.2. The Balaban J connectivity index is 2.06. The SMILES string of the molecule is CC1(C)C(=O)Nc2ccc(C(=O)c3ccco3)cc21. The number of hydrogen-bond donors (Lipinski definition) is 1. The van der Waals surface area contributed by atoms with Crippen LogP contribution in [0, 0.1) is 0 Å². The van der Waals surface area contributed by atoms with Crippen molar-refractivity contribution in [1.29, 1.82) is 0 Å². The largest absolute Gasteiger partial charge is 0.461 e. The Morgan fingerprint density at radius 1 is 1.26 bits per heavy atom. The molecule has 1 aromatic heterocycles. The van der Waals surface area contributed by atoms with Crippen LogP contribution in [0.15, 0.2) is 41.0 Å². The van der Waals surface area contributed by atoms with Crippen molar-refractivity contribution < 1.29 is 14.0 Å². The number of fused-ring (bicyclic) bond motifs is 1. The maximum Gasteiger partial charge on any atom is 0.234 e. The molecule has 0 aliphatic carbocycles. The third-order valence-electron chi connectivity index (χ3n) is 3.52. The summed E-state index contributed by atoms with van der Waals surface area (Å²) in [4.78, 5) is 24.0. The number of carbonyl (C=O) groups is 2. The van der Waals surface area contributed by atoms with Gasteiger partial charge in [0.2, 0.25) is 11.7 Å². The Morgan fingerprint density at radius 2 is 2.05 bits per heavy atom. The van der Waals surface area contributed by atoms with Crippen molar-refractivity contribution >= 4 is 17.4 Å². The van der Waals surface area contributed by atoms with Crippen LogP contribution in [-0.4, -0.2) is 11.7 Å². The van der Waals surface area contributed by atoms with Crippen molar-refractivity contribution in [1.82, 2.24) is 0 Å². The number of ketones is 1. The number of hydrogen-bond acceptors (Lipinski definition) is 3. The minimum atomic E-state index is -0.616. The van der Waals surface area contributed by atoms with Gasteiger partial charge in [-0.1, -0.05) is 0 Å². The van der Waals surface area contributed by atoms with E-state index in [-0.39, 0.29) is 11.7 Å². The fourth-order valence-corrected chi connectivity index (χ4v) is 2.26. The summed E-state index contributed by atoms with van der Waals surface area (Å²) < 4.78 is 5.11. The molecule has 1 aromatic carbocycles. The predicted octanol–water partition coefficient (Wildman–Crippen LogP) is 2.74. The minimum absolute atomic E-state index is 0.0508. The van der Waals surface area contributed by atoms with Crippen LogP contribution >= 0.6 is 0 Å². The third-order valence-corrected chi connectivity index (χ3v) is 3.52. The molecule has 0 radical (unpaired) electrons. The second kappa shape index (κ2) is 3.82. The average molecular weight is 255 g/mol. The van der Waals surface area contributed by atoms with Crippen molar-refractivity contribution in [3.63, 3.8) is 0 Å². The van der Waals surface area contributed by atoms with Gasteiger partial charge in [0.25, 0.3) is 0 Å². The van der Waals surface area contributed by atoms with E-state index in [1.54, 1.807) is 30.3 Å². The first-order valence-electron chi connectivity index (χ1n) is 6.04. The molecule has 19 heavy (non-hydrogen) atoms. The molecule has 0 bridgehead atoms. The summed E-state index contributed by atoms with van der Waals surface area (Å²) in [7, 11) is 0. The molecule has 1 aliphatic rings. The van der Waals surface area contributed by atoms with E-state index in [0.29, 0.717) is 11.3 Å². The zero-order valence-corrected chi connectivity index (χ0v) is 10.7. The smallest absolute Gasteiger partial charge is 0.234 e. The van der Waals surface area contributed by atoms with Crippen LogP contribution in [0.3, 0.4) is 0 Å². The standard InChI is InChI=1S/C15H13NO3/c1-15(2)10-8-9(5-6-11(10)16-14(15)18)13(17)12-4-3-7-19-12/h3-8H,1-2H3,(H,16,18). The van der Waals surface area contributed by atoms with Gasteiger partial charge in [-0.3, -0.25) is 9.59 Å². The van der Waals surface area contributed by atoms with Crippen LogP contribution in [0.1, 0.15) is 35.5 Å². The van der Waals surface area contributed by atoms with Crippen molar-refractivity contribution in [2.45, 2.75) is 19.3 Å². The van der Waals surface area contributed by atoms with E-state index in [1.165, 1.54) is 6.26 Å². The second-order valence-corrected chi connectivity index (χ2v) is 5.15. The van der Waals surface area contributed by atoms with Crippen LogP contribution in [0.5, 0.6) is 0 Å². The summed E-state index contributed by atoms with van der Waals surface area (Å²) in [5.41, 5.74) is 1.52. The lowest BCUT2D eigenvalue weighted by molar-refractivity contribution is -0.119. The zero-order valence-electron chi connectivity index (χ0n) is 10.7. The van der Waals surface area contributed by atoms with Crippen LogP contribution in [-0.2, 0) is 10.2 Å². The van der Waals surface area contributed by atoms with Gasteiger partial charge in [0, 0.05) is 11.3 Å². The lowest BCUT2D eigenvalue weighted by atomic mass is 9.85. The minimum Gasteiger partial charge on any atom is -0.461 e. The van der Waals surface area contributed by atoms with Crippen LogP contribution in [0.4, 0.5) is 5.69 Å². The quantitative estimate of drug-likeness (QED) is 0.839. The van der Waals surface area contributed by atoms with E-state index in [2.05, 4.69) is 5.32 Å². The lowest BCUT2D eigenvalue weighted by Crippen LogP contribution is -2.27. The summed E-state index contributed by atoms with van der Waals surface area (Å²) >= 11 is 0. The van der Waals surface area contributed by atoms with Gasteiger partial charge < -0.3 is 9.73 Å². The molecule has 3 rings (SSSR count). The topological polar surface area (TPSA) is 59.3 Å². The maximum atomic E-state index is 12.2. The third kappa shape index (κ3) is 1.68. The molecular formula is C15H13NO3. The molecule has 0 fully saturated rings. The summed E-state index contributed by atoms with van der Waals surface area (Å²) in [6.07, 6.45) is 1.47. The Bertz CT molecular complexity index is 669. The molecule has 0 unspecified atom stereocenters. The Labute approximate surface area is 110 Å². The van der Waals surface area contributed by atoms with E-state index in [0.717, 1.165) is 11.3 Å². The molecular weight excluding hydrogens is 242 g/mol. The van der Waals surface area contributed by atoms with E-state index in [4.69, 9.17) is 4.42 Å². The number of nitrogens with one attached hydrogen (secondary N) is 1. The fourth-order valence-electron chi connectivity index (χ4n) is 2.26. The van der Waals surface area contributed by atoms with E-state index < -0.39 is 5.41 Å². The highest BCUT2D eigenvalue weighted by Crippen LogP contribution is 2.37. The van der Waals surface area contributed by atoms with Gasteiger partial charge >= 0.3 is 0 Å². The predicted molar refractivity (Wildman–Crippen MR) is 70.2 cm³/mol. The van der Waals surface area contributed by atoms with E-state index in [1.807, 2.05) is 13.8 Å². The van der Waals surface area contributed by atoms with Gasteiger partial charge in [-0.05, 0) is 49.7 Å². The zero-order chi connectivity index (χ0) is 13.6. The molecule has 1 aliphatic heterocycles. The number of amides is 1. The normalized spacial score (nSPS) is 16.0. The molecule has 1 N–H and O–H groups in total. The fraction of sp³-hybridized carbons (Fsp3) is 0.200. The molecule has 0 saturated carbocycles. The molecule has 96 valence electrons. The lowest BCUT2D eigenvalue weighted by Gasteiger charge is -2.15. The summed E-state index contributed by atoms with van der Waals surface area (Å²) in [6, 6.07) is 8.53. The van der Waals surface area contributed by atoms with Crippen LogP contribution in [0.25, 0.3) is 0 Å². The Morgan fingerprint density at radius 3 is 2.74 bits per heavy atom. The van der Waals surface area contributed by atoms with Gasteiger partial charge in [0.05, 0.1) is 11.7 Å². The number of furan rings is 1. The monoisotopic (exact) mass is 255 g/mol. The first kappa shape index (κ1) is 11.7. The van der Waals surface area contributed by atoms with Crippen molar-refractivity contribution in [2.24, 2.45) is 0 Å². The highest BCUT2D eigenvalue weighted by atomic mass is 16.3. The summed E-state index contributed by atoms with van der Waals surface area (Å²) in [5, 5.41) is 2.81. The highest BCUT2D eigenvalue weighted by Gasteiger charge is 2.38. The average Bonchev–Trinajstić information content (AvgIpc) is 2.98. The molecule has 0 atom stereocenters. The molecule has 1 amide bonds. The van der Waals surface area contributed by atoms with E-state index >= 15 is 0 Å². The number of carbonyl (C=O) groups excluding carboxylic acids is 2. The molecule has 4 nitrogen and oxygen atoms in total. The highest BCUT2D eigenvalue weighted by molar-refractivity contribution is 6.10. The number of anilines is 1. The van der Waals surface area contributed by atoms with Crippen molar-refractivity contribution in [2.75, 3.05) is 5.32 Å². The Kier molecular flexibility index (Phi) is 2.35. The first-order valence-corrected chi connectivity index (χ1v) is 6.04. The second-order valence-electron chi connectivity index (χ2n) is 5.15. The van der Waals surface area contributed by atoms with Gasteiger partial charge in [0.15, 0.2) is 5.76 Å². The number of rotatable bonds is 2. The molecule has 0 saturated heterocycles.